The third kappa shape index (κ3) is 5.52. The smallest absolute Gasteiger partial charge is 0.246 e. The fourth-order valence-corrected chi connectivity index (χ4v) is 2.20. The van der Waals surface area contributed by atoms with Crippen LogP contribution in [0.3, 0.4) is 0 Å². The van der Waals surface area contributed by atoms with E-state index in [1.54, 1.807) is 6.08 Å². The molecule has 0 spiro atoms. The number of likely N-dealkylation sites (N-methyl/N-ethyl adjacent to an activating group) is 1. The zero-order chi connectivity index (χ0) is 15.2. The van der Waals surface area contributed by atoms with Gasteiger partial charge in [0.1, 0.15) is 0 Å². The first-order valence-corrected chi connectivity index (χ1v) is 8.28. The van der Waals surface area contributed by atoms with Crippen molar-refractivity contribution < 1.29 is 8.42 Å². The number of nitrogens with zero attached hydrogens (tertiary/aromatic N) is 3. The second-order valence-electron chi connectivity index (χ2n) is 4.77. The van der Waals surface area contributed by atoms with Crippen molar-refractivity contribution in [2.75, 3.05) is 19.8 Å². The van der Waals surface area contributed by atoms with Gasteiger partial charge in [0.15, 0.2) is 0 Å². The van der Waals surface area contributed by atoms with Gasteiger partial charge in [0.2, 0.25) is 15.0 Å². The molecule has 20 heavy (non-hydrogen) atoms. The number of aliphatic imine (C=N–C) groups is 2. The molecule has 0 bridgehead atoms. The van der Waals surface area contributed by atoms with Gasteiger partial charge in [-0.05, 0) is 13.3 Å². The summed E-state index contributed by atoms with van der Waals surface area (Å²) in [6, 6.07) is 0. The van der Waals surface area contributed by atoms with Gasteiger partial charge in [0.25, 0.3) is 0 Å². The quantitative estimate of drug-likeness (QED) is 0.592. The number of rotatable bonds is 3. The molecule has 1 aliphatic rings. The van der Waals surface area contributed by atoms with Gasteiger partial charge in [0, 0.05) is 44.0 Å². The molecular formula is C14H21N3O2S. The maximum Gasteiger partial charge on any atom is 0.246 e. The third-order valence-electron chi connectivity index (χ3n) is 2.46. The highest BCUT2D eigenvalue weighted by atomic mass is 32.2. The molecule has 0 amide bonds. The molecule has 1 heterocycles. The van der Waals surface area contributed by atoms with E-state index in [9.17, 15) is 8.42 Å². The predicted octanol–water partition coefficient (Wildman–Crippen LogP) is 2.16. The SMILES string of the molecule is CC/C=C/N=C(N=CC1=CN(C)CC(C)=C1)S(C)(=O)=O. The van der Waals surface area contributed by atoms with E-state index in [2.05, 4.69) is 9.98 Å². The van der Waals surface area contributed by atoms with Crippen LogP contribution in [0.4, 0.5) is 0 Å². The van der Waals surface area contributed by atoms with Crippen LogP contribution in [0.1, 0.15) is 20.3 Å². The molecule has 5 nitrogen and oxygen atoms in total. The Morgan fingerprint density at radius 3 is 2.75 bits per heavy atom. The average molecular weight is 295 g/mol. The summed E-state index contributed by atoms with van der Waals surface area (Å²) < 4.78 is 23.2. The van der Waals surface area contributed by atoms with Gasteiger partial charge < -0.3 is 4.90 Å². The van der Waals surface area contributed by atoms with Crippen molar-refractivity contribution in [1.29, 1.82) is 0 Å². The van der Waals surface area contributed by atoms with Crippen molar-refractivity contribution in [3.05, 3.63) is 35.7 Å². The molecule has 0 N–H and O–H groups in total. The van der Waals surface area contributed by atoms with Gasteiger partial charge in [0.05, 0.1) is 0 Å². The number of sulfone groups is 1. The minimum atomic E-state index is -3.43. The van der Waals surface area contributed by atoms with Gasteiger partial charge in [-0.2, -0.15) is 0 Å². The maximum absolute atomic E-state index is 11.6. The van der Waals surface area contributed by atoms with Crippen molar-refractivity contribution in [1.82, 2.24) is 4.90 Å². The van der Waals surface area contributed by atoms with E-state index >= 15 is 0 Å². The van der Waals surface area contributed by atoms with Crippen LogP contribution in [-0.2, 0) is 9.84 Å². The van der Waals surface area contributed by atoms with Crippen LogP contribution >= 0.6 is 0 Å². The van der Waals surface area contributed by atoms with E-state index in [0.29, 0.717) is 0 Å². The summed E-state index contributed by atoms with van der Waals surface area (Å²) in [6.07, 6.45) is 10.6. The summed E-state index contributed by atoms with van der Waals surface area (Å²) >= 11 is 0. The molecule has 1 aliphatic heterocycles. The molecule has 0 saturated heterocycles. The van der Waals surface area contributed by atoms with E-state index in [4.69, 9.17) is 0 Å². The van der Waals surface area contributed by atoms with Gasteiger partial charge >= 0.3 is 0 Å². The molecule has 0 aliphatic carbocycles. The predicted molar refractivity (Wildman–Crippen MR) is 84.7 cm³/mol. The molecule has 0 unspecified atom stereocenters. The van der Waals surface area contributed by atoms with Crippen LogP contribution in [0.2, 0.25) is 0 Å². The summed E-state index contributed by atoms with van der Waals surface area (Å²) in [5, 5.41) is -0.178. The molecule has 0 aromatic heterocycles. The van der Waals surface area contributed by atoms with E-state index in [0.717, 1.165) is 24.8 Å². The Balaban J connectivity index is 2.99. The standard InChI is InChI=1S/C14H21N3O2S/c1-5-6-7-15-14(20(4,18)19)16-9-13-8-12(2)10-17(3)11-13/h6-9,11H,5,10H2,1-4H3/b7-6+,15-14?,16-9?. The Hall–Kier alpha value is -1.69. The Kier molecular flexibility index (Phi) is 5.88. The number of hydrogen-bond donors (Lipinski definition) is 0. The minimum Gasteiger partial charge on any atom is -0.376 e. The fourth-order valence-electron chi connectivity index (χ4n) is 1.71. The Morgan fingerprint density at radius 1 is 1.50 bits per heavy atom. The molecule has 0 radical (unpaired) electrons. The lowest BCUT2D eigenvalue weighted by Crippen LogP contribution is -2.18. The monoisotopic (exact) mass is 295 g/mol. The van der Waals surface area contributed by atoms with E-state index in [1.165, 1.54) is 18.0 Å². The summed E-state index contributed by atoms with van der Waals surface area (Å²) in [5.74, 6) is 0. The molecule has 1 rings (SSSR count). The van der Waals surface area contributed by atoms with Crippen LogP contribution in [0.15, 0.2) is 45.7 Å². The molecule has 0 saturated carbocycles. The Labute approximate surface area is 121 Å². The lowest BCUT2D eigenvalue weighted by Gasteiger charge is -2.19. The normalized spacial score (nSPS) is 17.8. The van der Waals surface area contributed by atoms with Gasteiger partial charge in [-0.15, -0.1) is 0 Å². The average Bonchev–Trinajstić information content (AvgIpc) is 2.30. The first-order chi connectivity index (χ1) is 9.32. The summed E-state index contributed by atoms with van der Waals surface area (Å²) in [6.45, 7) is 4.84. The third-order valence-corrected chi connectivity index (χ3v) is 3.34. The second-order valence-corrected chi connectivity index (χ2v) is 6.68. The van der Waals surface area contributed by atoms with Crippen LogP contribution in [0, 0.1) is 0 Å². The Bertz CT molecular complexity index is 596. The van der Waals surface area contributed by atoms with Gasteiger partial charge in [-0.1, -0.05) is 24.6 Å². The fraction of sp³-hybridized carbons (Fsp3) is 0.429. The molecule has 110 valence electrons. The zero-order valence-electron chi connectivity index (χ0n) is 12.4. The topological polar surface area (TPSA) is 62.1 Å². The maximum atomic E-state index is 11.6. The molecule has 6 heteroatoms. The van der Waals surface area contributed by atoms with Crippen LogP contribution < -0.4 is 0 Å². The summed E-state index contributed by atoms with van der Waals surface area (Å²) in [4.78, 5) is 9.92. The van der Waals surface area contributed by atoms with Crippen molar-refractivity contribution >= 4 is 21.2 Å². The van der Waals surface area contributed by atoms with Crippen LogP contribution in [0.25, 0.3) is 0 Å². The second kappa shape index (κ2) is 7.19. The first kappa shape index (κ1) is 16.4. The highest BCUT2D eigenvalue weighted by Crippen LogP contribution is 2.10. The van der Waals surface area contributed by atoms with Crippen molar-refractivity contribution in [2.24, 2.45) is 9.98 Å². The molecule has 0 fully saturated rings. The molecule has 0 aromatic carbocycles. The highest BCUT2D eigenvalue weighted by Gasteiger charge is 2.11. The van der Waals surface area contributed by atoms with Crippen molar-refractivity contribution in [3.8, 4) is 0 Å². The lowest BCUT2D eigenvalue weighted by atomic mass is 10.1. The van der Waals surface area contributed by atoms with E-state index < -0.39 is 9.84 Å². The highest BCUT2D eigenvalue weighted by molar-refractivity contribution is 8.05. The minimum absolute atomic E-state index is 0.178. The summed E-state index contributed by atoms with van der Waals surface area (Å²) in [7, 11) is -1.48. The van der Waals surface area contributed by atoms with Gasteiger partial charge in [-0.25, -0.2) is 18.4 Å². The molecular weight excluding hydrogens is 274 g/mol. The summed E-state index contributed by atoms with van der Waals surface area (Å²) in [5.41, 5.74) is 2.05. The van der Waals surface area contributed by atoms with E-state index in [1.807, 2.05) is 38.1 Å². The van der Waals surface area contributed by atoms with Crippen molar-refractivity contribution in [2.45, 2.75) is 20.3 Å². The Morgan fingerprint density at radius 2 is 2.20 bits per heavy atom. The largest absolute Gasteiger partial charge is 0.376 e. The zero-order valence-corrected chi connectivity index (χ0v) is 13.2. The number of hydrogen-bond acceptors (Lipinski definition) is 4. The number of allylic oxidation sites excluding steroid dienone is 3. The van der Waals surface area contributed by atoms with Crippen LogP contribution in [0.5, 0.6) is 0 Å². The van der Waals surface area contributed by atoms with Crippen LogP contribution in [-0.4, -0.2) is 44.5 Å². The lowest BCUT2D eigenvalue weighted by molar-refractivity contribution is 0.489. The van der Waals surface area contributed by atoms with Gasteiger partial charge in [-0.3, -0.25) is 0 Å². The molecule has 0 aromatic rings. The molecule has 0 atom stereocenters. The number of amidine groups is 1. The first-order valence-electron chi connectivity index (χ1n) is 6.39. The van der Waals surface area contributed by atoms with Crippen molar-refractivity contribution in [3.63, 3.8) is 0 Å². The van der Waals surface area contributed by atoms with E-state index in [-0.39, 0.29) is 5.17 Å².